The van der Waals surface area contributed by atoms with Gasteiger partial charge in [0.2, 0.25) is 0 Å². The lowest BCUT2D eigenvalue weighted by atomic mass is 10.1. The lowest BCUT2D eigenvalue weighted by molar-refractivity contribution is 0.291. The fourth-order valence-electron chi connectivity index (χ4n) is 1.24. The Hall–Kier alpha value is -0.300. The number of halogens is 2. The van der Waals surface area contributed by atoms with Crippen molar-refractivity contribution >= 4 is 42.8 Å². The number of hydrogen-bond donors (Lipinski definition) is 0. The van der Waals surface area contributed by atoms with Gasteiger partial charge in [0.15, 0.2) is 0 Å². The zero-order valence-electron chi connectivity index (χ0n) is 10.6. The molecule has 0 heterocycles. The van der Waals surface area contributed by atoms with Crippen LogP contribution in [-0.2, 0) is 41.8 Å². The summed E-state index contributed by atoms with van der Waals surface area (Å²) in [5.41, 5.74) is 0.543. The van der Waals surface area contributed by atoms with Crippen LogP contribution in [0.3, 0.4) is 0 Å². The van der Waals surface area contributed by atoms with Crippen LogP contribution in [0.1, 0.15) is 11.1 Å². The molecule has 20 heavy (non-hydrogen) atoms. The van der Waals surface area contributed by atoms with Crippen LogP contribution in [0.15, 0.2) is 12.1 Å². The molecule has 0 saturated carbocycles. The first-order valence-corrected chi connectivity index (χ1v) is 9.85. The summed E-state index contributed by atoms with van der Waals surface area (Å²) >= 11 is 1.73. The van der Waals surface area contributed by atoms with Crippen molar-refractivity contribution in [3.8, 4) is 0 Å². The molecule has 114 valence electrons. The zero-order chi connectivity index (χ0) is 15.6. The van der Waals surface area contributed by atoms with Crippen molar-refractivity contribution in [2.75, 3.05) is 12.5 Å². The van der Waals surface area contributed by atoms with Gasteiger partial charge in [-0.2, -0.15) is 16.8 Å². The van der Waals surface area contributed by atoms with E-state index in [1.54, 1.807) is 22.6 Å². The van der Waals surface area contributed by atoms with E-state index >= 15 is 0 Å². The zero-order valence-corrected chi connectivity index (χ0v) is 14.4. The molecule has 0 spiro atoms. The van der Waals surface area contributed by atoms with Gasteiger partial charge in [-0.3, -0.25) is 8.37 Å². The second kappa shape index (κ2) is 6.64. The molecular formula is C10H12FIO6S2. The summed E-state index contributed by atoms with van der Waals surface area (Å²) in [6.45, 7) is -0.716. The summed E-state index contributed by atoms with van der Waals surface area (Å²) in [7, 11) is -7.35. The molecule has 0 N–H and O–H groups in total. The fraction of sp³-hybridized carbons (Fsp3) is 0.400. The minimum Gasteiger partial charge on any atom is -0.265 e. The Kier molecular flexibility index (Phi) is 5.89. The van der Waals surface area contributed by atoms with E-state index < -0.39 is 32.7 Å². The molecule has 0 radical (unpaired) electrons. The van der Waals surface area contributed by atoms with Gasteiger partial charge in [-0.1, -0.05) is 0 Å². The van der Waals surface area contributed by atoms with Gasteiger partial charge >= 0.3 is 0 Å². The molecule has 0 fully saturated rings. The van der Waals surface area contributed by atoms with Gasteiger partial charge < -0.3 is 0 Å². The number of rotatable bonds is 6. The molecule has 0 aliphatic heterocycles. The van der Waals surface area contributed by atoms with Crippen molar-refractivity contribution in [3.05, 3.63) is 32.6 Å². The van der Waals surface area contributed by atoms with Crippen LogP contribution in [-0.4, -0.2) is 29.3 Å². The Morgan fingerprint density at radius 3 is 1.80 bits per heavy atom. The monoisotopic (exact) mass is 438 g/mol. The van der Waals surface area contributed by atoms with Crippen LogP contribution in [0.2, 0.25) is 0 Å². The van der Waals surface area contributed by atoms with Crippen molar-refractivity contribution in [1.29, 1.82) is 0 Å². The van der Waals surface area contributed by atoms with Gasteiger partial charge in [0.05, 0.1) is 25.7 Å². The summed E-state index contributed by atoms with van der Waals surface area (Å²) in [4.78, 5) is 0. The first-order chi connectivity index (χ1) is 8.98. The fourth-order valence-corrected chi connectivity index (χ4v) is 2.45. The minimum atomic E-state index is -3.69. The minimum absolute atomic E-state index is 0.206. The molecule has 0 aromatic heterocycles. The third-order valence-corrected chi connectivity index (χ3v) is 4.02. The Morgan fingerprint density at radius 1 is 1.00 bits per heavy atom. The first kappa shape index (κ1) is 17.8. The van der Waals surface area contributed by atoms with Crippen LogP contribution >= 0.6 is 22.6 Å². The predicted octanol–water partition coefficient (Wildman–Crippen LogP) is 1.38. The van der Waals surface area contributed by atoms with E-state index in [0.29, 0.717) is 5.56 Å². The first-order valence-electron chi connectivity index (χ1n) is 5.13. The summed E-state index contributed by atoms with van der Waals surface area (Å²) < 4.78 is 66.7. The average molecular weight is 438 g/mol. The highest BCUT2D eigenvalue weighted by molar-refractivity contribution is 14.1. The smallest absolute Gasteiger partial charge is 0.264 e. The summed E-state index contributed by atoms with van der Waals surface area (Å²) in [5, 5.41) is 0. The standard InChI is InChI=1S/C10H12FIO6S2/c1-19(13,14)17-5-7-3-9(11)10(12)4-8(7)6-18-20(2,15)16/h3-4H,5-6H2,1-2H3. The van der Waals surface area contributed by atoms with Gasteiger partial charge in [-0.15, -0.1) is 0 Å². The van der Waals surface area contributed by atoms with Crippen molar-refractivity contribution in [1.82, 2.24) is 0 Å². The maximum atomic E-state index is 13.5. The lowest BCUT2D eigenvalue weighted by Gasteiger charge is -2.10. The van der Waals surface area contributed by atoms with E-state index in [0.717, 1.165) is 18.6 Å². The normalized spacial score (nSPS) is 12.6. The maximum absolute atomic E-state index is 13.5. The number of hydrogen-bond acceptors (Lipinski definition) is 6. The second-order valence-corrected chi connectivity index (χ2v) is 8.42. The predicted molar refractivity (Wildman–Crippen MR) is 78.4 cm³/mol. The molecule has 0 amide bonds. The highest BCUT2D eigenvalue weighted by Crippen LogP contribution is 2.20. The van der Waals surface area contributed by atoms with E-state index in [4.69, 9.17) is 0 Å². The molecule has 10 heteroatoms. The molecule has 0 saturated heterocycles. The third-order valence-electron chi connectivity index (χ3n) is 2.10. The molecule has 6 nitrogen and oxygen atoms in total. The molecule has 0 atom stereocenters. The Morgan fingerprint density at radius 2 is 1.40 bits per heavy atom. The highest BCUT2D eigenvalue weighted by Gasteiger charge is 2.13. The molecule has 0 aliphatic rings. The SMILES string of the molecule is CS(=O)(=O)OCc1cc(F)c(I)cc1COS(C)(=O)=O. The van der Waals surface area contributed by atoms with Crippen molar-refractivity contribution in [3.63, 3.8) is 0 Å². The molecule has 1 aromatic carbocycles. The molecule has 1 rings (SSSR count). The highest BCUT2D eigenvalue weighted by atomic mass is 127. The maximum Gasteiger partial charge on any atom is 0.264 e. The van der Waals surface area contributed by atoms with Crippen LogP contribution in [0.25, 0.3) is 0 Å². The molecule has 1 aromatic rings. The topological polar surface area (TPSA) is 86.7 Å². The van der Waals surface area contributed by atoms with E-state index in [1.807, 2.05) is 0 Å². The Labute approximate surface area is 130 Å². The van der Waals surface area contributed by atoms with Crippen LogP contribution in [0.4, 0.5) is 4.39 Å². The van der Waals surface area contributed by atoms with Gasteiger partial charge in [0, 0.05) is 3.57 Å². The Bertz CT molecular complexity index is 638. The van der Waals surface area contributed by atoms with Crippen LogP contribution in [0.5, 0.6) is 0 Å². The molecule has 0 unspecified atom stereocenters. The summed E-state index contributed by atoms with van der Waals surface area (Å²) in [6.07, 6.45) is 1.75. The van der Waals surface area contributed by atoms with Crippen molar-refractivity contribution < 1.29 is 29.6 Å². The van der Waals surface area contributed by atoms with E-state index in [1.165, 1.54) is 6.07 Å². The van der Waals surface area contributed by atoms with Crippen LogP contribution < -0.4 is 0 Å². The Balaban J connectivity index is 3.04. The summed E-state index contributed by atoms with van der Waals surface area (Å²) in [5.74, 6) is -0.555. The van der Waals surface area contributed by atoms with Gasteiger partial charge in [0.25, 0.3) is 20.2 Å². The van der Waals surface area contributed by atoms with E-state index in [-0.39, 0.29) is 15.7 Å². The third kappa shape index (κ3) is 6.43. The number of benzene rings is 1. The van der Waals surface area contributed by atoms with Crippen LogP contribution in [0, 0.1) is 9.39 Å². The quantitative estimate of drug-likeness (QED) is 0.493. The molecule has 0 bridgehead atoms. The largest absolute Gasteiger partial charge is 0.265 e. The van der Waals surface area contributed by atoms with Gasteiger partial charge in [0.1, 0.15) is 5.82 Å². The molecule has 0 aliphatic carbocycles. The van der Waals surface area contributed by atoms with Gasteiger partial charge in [-0.05, 0) is 45.9 Å². The molecular weight excluding hydrogens is 426 g/mol. The van der Waals surface area contributed by atoms with Crippen molar-refractivity contribution in [2.24, 2.45) is 0 Å². The van der Waals surface area contributed by atoms with E-state index in [9.17, 15) is 21.2 Å². The average Bonchev–Trinajstić information content (AvgIpc) is 2.26. The lowest BCUT2D eigenvalue weighted by Crippen LogP contribution is -2.09. The van der Waals surface area contributed by atoms with Crippen molar-refractivity contribution in [2.45, 2.75) is 13.2 Å². The summed E-state index contributed by atoms with van der Waals surface area (Å²) in [6, 6.07) is 2.47. The van der Waals surface area contributed by atoms with Gasteiger partial charge in [-0.25, -0.2) is 4.39 Å². The van der Waals surface area contributed by atoms with E-state index in [2.05, 4.69) is 8.37 Å². The second-order valence-electron chi connectivity index (χ2n) is 3.97.